The molecule has 0 aromatic heterocycles. The van der Waals surface area contributed by atoms with Crippen LogP contribution in [0.1, 0.15) is 48.2 Å². The van der Waals surface area contributed by atoms with Crippen molar-refractivity contribution in [1.29, 1.82) is 0 Å². The number of Topliss-reactive ketones (excluding diaryl/α,β-unsaturated/α-hetero) is 1. The molecule has 0 heterocycles. The second-order valence-electron chi connectivity index (χ2n) is 3.74. The lowest BCUT2D eigenvalue weighted by atomic mass is 9.94. The summed E-state index contributed by atoms with van der Waals surface area (Å²) in [6.07, 6.45) is 5.05. The summed E-state index contributed by atoms with van der Waals surface area (Å²) in [5, 5.41) is 0. The van der Waals surface area contributed by atoms with Crippen LogP contribution in [0.2, 0.25) is 0 Å². The zero-order valence-corrected chi connectivity index (χ0v) is 9.55. The maximum atomic E-state index is 11.5. The van der Waals surface area contributed by atoms with Crippen molar-refractivity contribution in [1.82, 2.24) is 0 Å². The summed E-state index contributed by atoms with van der Waals surface area (Å²) in [4.78, 5) is 11.5. The molecule has 1 aromatic rings. The predicted molar refractivity (Wildman–Crippen MR) is 65.1 cm³/mol. The number of carbonyl (C=O) groups excluding carboxylic acids is 1. The highest BCUT2D eigenvalue weighted by Gasteiger charge is 2.09. The second kappa shape index (κ2) is 5.50. The van der Waals surface area contributed by atoms with Crippen molar-refractivity contribution >= 4 is 11.9 Å². The van der Waals surface area contributed by atoms with E-state index < -0.39 is 0 Å². The fourth-order valence-electron chi connectivity index (χ4n) is 1.76. The first-order chi connectivity index (χ1) is 7.20. The summed E-state index contributed by atoms with van der Waals surface area (Å²) < 4.78 is 0. The molecule has 0 fully saturated rings. The summed E-state index contributed by atoms with van der Waals surface area (Å²) in [6.45, 7) is 7.57. The molecule has 0 aliphatic rings. The second-order valence-corrected chi connectivity index (χ2v) is 3.74. The molecule has 0 aliphatic heterocycles. The SMILES string of the molecule is C=Cc1cccc(C(C)=O)c1CCCC. The molecule has 0 bridgehead atoms. The number of benzene rings is 1. The van der Waals surface area contributed by atoms with Crippen molar-refractivity contribution in [3.05, 3.63) is 41.5 Å². The van der Waals surface area contributed by atoms with E-state index in [-0.39, 0.29) is 5.78 Å². The van der Waals surface area contributed by atoms with Gasteiger partial charge in [0.05, 0.1) is 0 Å². The number of hydrogen-bond donors (Lipinski definition) is 0. The topological polar surface area (TPSA) is 17.1 Å². The molecule has 0 atom stereocenters. The Kier molecular flexibility index (Phi) is 4.29. The molecular weight excluding hydrogens is 184 g/mol. The lowest BCUT2D eigenvalue weighted by molar-refractivity contribution is 0.101. The van der Waals surface area contributed by atoms with E-state index in [9.17, 15) is 4.79 Å². The highest BCUT2D eigenvalue weighted by atomic mass is 16.1. The van der Waals surface area contributed by atoms with Gasteiger partial charge in [0.15, 0.2) is 5.78 Å². The maximum Gasteiger partial charge on any atom is 0.160 e. The van der Waals surface area contributed by atoms with Gasteiger partial charge < -0.3 is 0 Å². The molecule has 1 nitrogen and oxygen atoms in total. The van der Waals surface area contributed by atoms with E-state index in [0.29, 0.717) is 0 Å². The Morgan fingerprint density at radius 2 is 2.20 bits per heavy atom. The van der Waals surface area contributed by atoms with Crippen molar-refractivity contribution in [2.75, 3.05) is 0 Å². The van der Waals surface area contributed by atoms with Crippen molar-refractivity contribution in [2.45, 2.75) is 33.1 Å². The average molecular weight is 202 g/mol. The summed E-state index contributed by atoms with van der Waals surface area (Å²) in [5.74, 6) is 0.143. The van der Waals surface area contributed by atoms with Crippen LogP contribution in [-0.4, -0.2) is 5.78 Å². The fourth-order valence-corrected chi connectivity index (χ4v) is 1.76. The van der Waals surface area contributed by atoms with Crippen LogP contribution in [-0.2, 0) is 6.42 Å². The van der Waals surface area contributed by atoms with Crippen molar-refractivity contribution in [3.8, 4) is 0 Å². The van der Waals surface area contributed by atoms with Crippen LogP contribution in [0.5, 0.6) is 0 Å². The first-order valence-corrected chi connectivity index (χ1v) is 5.46. The Morgan fingerprint density at radius 3 is 2.73 bits per heavy atom. The standard InChI is InChI=1S/C14H18O/c1-4-6-9-14-12(5-2)8-7-10-13(14)11(3)15/h5,7-8,10H,2,4,6,9H2,1,3H3. The van der Waals surface area contributed by atoms with E-state index in [2.05, 4.69) is 13.5 Å². The third kappa shape index (κ3) is 2.79. The number of hydrogen-bond acceptors (Lipinski definition) is 1. The van der Waals surface area contributed by atoms with E-state index in [1.807, 2.05) is 24.3 Å². The van der Waals surface area contributed by atoms with Crippen LogP contribution in [0.4, 0.5) is 0 Å². The molecule has 1 aromatic carbocycles. The molecule has 0 N–H and O–H groups in total. The summed E-state index contributed by atoms with van der Waals surface area (Å²) in [7, 11) is 0. The van der Waals surface area contributed by atoms with E-state index in [4.69, 9.17) is 0 Å². The van der Waals surface area contributed by atoms with Gasteiger partial charge >= 0.3 is 0 Å². The molecular formula is C14H18O. The van der Waals surface area contributed by atoms with Gasteiger partial charge in [0.25, 0.3) is 0 Å². The molecule has 80 valence electrons. The quantitative estimate of drug-likeness (QED) is 0.662. The number of unbranched alkanes of at least 4 members (excludes halogenated alkanes) is 1. The lowest BCUT2D eigenvalue weighted by Crippen LogP contribution is -2.02. The molecule has 15 heavy (non-hydrogen) atoms. The van der Waals surface area contributed by atoms with Gasteiger partial charge in [-0.15, -0.1) is 0 Å². The van der Waals surface area contributed by atoms with Crippen LogP contribution in [0.3, 0.4) is 0 Å². The minimum absolute atomic E-state index is 0.143. The van der Waals surface area contributed by atoms with Gasteiger partial charge in [0.2, 0.25) is 0 Å². The highest BCUT2D eigenvalue weighted by molar-refractivity contribution is 5.96. The van der Waals surface area contributed by atoms with Crippen LogP contribution in [0, 0.1) is 0 Å². The third-order valence-corrected chi connectivity index (χ3v) is 2.59. The Morgan fingerprint density at radius 1 is 1.47 bits per heavy atom. The largest absolute Gasteiger partial charge is 0.295 e. The van der Waals surface area contributed by atoms with E-state index in [1.165, 1.54) is 0 Å². The summed E-state index contributed by atoms with van der Waals surface area (Å²) in [6, 6.07) is 5.84. The zero-order valence-electron chi connectivity index (χ0n) is 9.55. The van der Waals surface area contributed by atoms with Gasteiger partial charge in [-0.2, -0.15) is 0 Å². The third-order valence-electron chi connectivity index (χ3n) is 2.59. The summed E-state index contributed by atoms with van der Waals surface area (Å²) >= 11 is 0. The van der Waals surface area contributed by atoms with Gasteiger partial charge in [0, 0.05) is 5.56 Å². The monoisotopic (exact) mass is 202 g/mol. The maximum absolute atomic E-state index is 11.5. The molecule has 0 aliphatic carbocycles. The Balaban J connectivity index is 3.14. The molecule has 1 rings (SSSR count). The molecule has 1 heteroatoms. The fraction of sp³-hybridized carbons (Fsp3) is 0.357. The summed E-state index contributed by atoms with van der Waals surface area (Å²) in [5.41, 5.74) is 3.10. The first-order valence-electron chi connectivity index (χ1n) is 5.46. The average Bonchev–Trinajstić information content (AvgIpc) is 2.25. The minimum atomic E-state index is 0.143. The molecule has 0 spiro atoms. The van der Waals surface area contributed by atoms with Gasteiger partial charge in [-0.25, -0.2) is 0 Å². The highest BCUT2D eigenvalue weighted by Crippen LogP contribution is 2.19. The minimum Gasteiger partial charge on any atom is -0.295 e. The van der Waals surface area contributed by atoms with E-state index >= 15 is 0 Å². The van der Waals surface area contributed by atoms with E-state index in [0.717, 1.165) is 36.0 Å². The van der Waals surface area contributed by atoms with Crippen molar-refractivity contribution in [3.63, 3.8) is 0 Å². The molecule has 0 amide bonds. The van der Waals surface area contributed by atoms with Gasteiger partial charge in [0.1, 0.15) is 0 Å². The van der Waals surface area contributed by atoms with Gasteiger partial charge in [-0.1, -0.05) is 44.2 Å². The Bertz CT molecular complexity index is 364. The van der Waals surface area contributed by atoms with E-state index in [1.54, 1.807) is 6.92 Å². The Labute approximate surface area is 91.8 Å². The zero-order chi connectivity index (χ0) is 11.3. The van der Waals surface area contributed by atoms with Crippen LogP contribution in [0.15, 0.2) is 24.8 Å². The molecule has 0 saturated heterocycles. The first kappa shape index (κ1) is 11.7. The Hall–Kier alpha value is -1.37. The predicted octanol–water partition coefficient (Wildman–Crippen LogP) is 3.87. The molecule has 0 radical (unpaired) electrons. The normalized spacial score (nSPS) is 10.0. The number of rotatable bonds is 5. The van der Waals surface area contributed by atoms with Crippen LogP contribution in [0.25, 0.3) is 6.08 Å². The number of carbonyl (C=O) groups is 1. The van der Waals surface area contributed by atoms with Crippen LogP contribution < -0.4 is 0 Å². The van der Waals surface area contributed by atoms with Crippen molar-refractivity contribution in [2.24, 2.45) is 0 Å². The van der Waals surface area contributed by atoms with Gasteiger partial charge in [-0.05, 0) is 30.9 Å². The van der Waals surface area contributed by atoms with Crippen molar-refractivity contribution < 1.29 is 4.79 Å². The van der Waals surface area contributed by atoms with Gasteiger partial charge in [-0.3, -0.25) is 4.79 Å². The smallest absolute Gasteiger partial charge is 0.160 e. The molecule has 0 saturated carbocycles. The number of ketones is 1. The van der Waals surface area contributed by atoms with Crippen LogP contribution >= 0.6 is 0 Å². The molecule has 0 unspecified atom stereocenters. The lowest BCUT2D eigenvalue weighted by Gasteiger charge is -2.10.